The summed E-state index contributed by atoms with van der Waals surface area (Å²) < 4.78 is 7.48. The molecule has 0 fully saturated rings. The van der Waals surface area contributed by atoms with Crippen LogP contribution >= 0.6 is 15.9 Å². The van der Waals surface area contributed by atoms with Crippen molar-refractivity contribution < 1.29 is 4.74 Å². The lowest BCUT2D eigenvalue weighted by atomic mass is 10.3. The molecule has 1 aliphatic rings. The van der Waals surface area contributed by atoms with Crippen molar-refractivity contribution in [1.82, 2.24) is 14.8 Å². The quantitative estimate of drug-likeness (QED) is 0.687. The SMILES string of the molecule is Cc1nc2n(n1)-c1ccccc1OC2Br. The molecule has 0 N–H and O–H groups in total. The monoisotopic (exact) mass is 265 g/mol. The van der Waals surface area contributed by atoms with E-state index in [0.29, 0.717) is 0 Å². The lowest BCUT2D eigenvalue weighted by Crippen LogP contribution is -2.16. The molecule has 1 unspecified atom stereocenters. The summed E-state index contributed by atoms with van der Waals surface area (Å²) in [6.45, 7) is 1.87. The maximum Gasteiger partial charge on any atom is 0.212 e. The Morgan fingerprint density at radius 2 is 2.20 bits per heavy atom. The van der Waals surface area contributed by atoms with E-state index >= 15 is 0 Å². The van der Waals surface area contributed by atoms with E-state index in [1.807, 2.05) is 35.9 Å². The van der Waals surface area contributed by atoms with Crippen molar-refractivity contribution in [2.24, 2.45) is 0 Å². The van der Waals surface area contributed by atoms with Crippen LogP contribution in [0.1, 0.15) is 16.7 Å². The molecular formula is C10H8BrN3O. The highest BCUT2D eigenvalue weighted by atomic mass is 79.9. The lowest BCUT2D eigenvalue weighted by molar-refractivity contribution is 0.272. The third-order valence-corrected chi connectivity index (χ3v) is 2.86. The fourth-order valence-electron chi connectivity index (χ4n) is 1.65. The minimum atomic E-state index is -0.228. The molecule has 0 spiro atoms. The van der Waals surface area contributed by atoms with Gasteiger partial charge in [-0.25, -0.2) is 9.67 Å². The van der Waals surface area contributed by atoms with Crippen molar-refractivity contribution in [3.8, 4) is 11.4 Å². The maximum absolute atomic E-state index is 5.66. The zero-order chi connectivity index (χ0) is 10.4. The number of hydrogen-bond donors (Lipinski definition) is 0. The summed E-state index contributed by atoms with van der Waals surface area (Å²) in [7, 11) is 0. The van der Waals surface area contributed by atoms with Gasteiger partial charge in [0.15, 0.2) is 5.82 Å². The Labute approximate surface area is 95.0 Å². The molecule has 15 heavy (non-hydrogen) atoms. The number of benzene rings is 1. The van der Waals surface area contributed by atoms with E-state index < -0.39 is 0 Å². The number of hydrogen-bond acceptors (Lipinski definition) is 3. The van der Waals surface area contributed by atoms with Crippen molar-refractivity contribution >= 4 is 15.9 Å². The van der Waals surface area contributed by atoms with Gasteiger partial charge < -0.3 is 4.74 Å². The zero-order valence-electron chi connectivity index (χ0n) is 8.01. The second kappa shape index (κ2) is 3.06. The Bertz CT molecular complexity index is 523. The Kier molecular flexibility index (Phi) is 1.82. The second-order valence-corrected chi connectivity index (χ2v) is 4.16. The van der Waals surface area contributed by atoms with Crippen LogP contribution in [0.15, 0.2) is 24.3 Å². The predicted octanol–water partition coefficient (Wildman–Crippen LogP) is 2.36. The summed E-state index contributed by atoms with van der Waals surface area (Å²) in [5.41, 5.74) is 0.934. The molecule has 0 saturated carbocycles. The Morgan fingerprint density at radius 3 is 3.07 bits per heavy atom. The molecule has 5 heteroatoms. The van der Waals surface area contributed by atoms with Crippen LogP contribution < -0.4 is 4.74 Å². The minimum absolute atomic E-state index is 0.228. The Balaban J connectivity index is 2.29. The zero-order valence-corrected chi connectivity index (χ0v) is 9.60. The van der Waals surface area contributed by atoms with Crippen LogP contribution in [0.4, 0.5) is 0 Å². The summed E-state index contributed by atoms with van der Waals surface area (Å²) in [5, 5.41) is 4.11. The molecule has 4 nitrogen and oxygen atoms in total. The van der Waals surface area contributed by atoms with Crippen LogP contribution in [-0.2, 0) is 0 Å². The summed E-state index contributed by atoms with van der Waals surface area (Å²) in [6, 6.07) is 7.78. The summed E-state index contributed by atoms with van der Waals surface area (Å²) >= 11 is 3.42. The van der Waals surface area contributed by atoms with Gasteiger partial charge in [-0.3, -0.25) is 0 Å². The molecule has 2 aromatic rings. The first kappa shape index (κ1) is 8.91. The van der Waals surface area contributed by atoms with E-state index in [0.717, 1.165) is 23.1 Å². The molecule has 3 rings (SSSR count). The number of rotatable bonds is 0. The fourth-order valence-corrected chi connectivity index (χ4v) is 2.15. The van der Waals surface area contributed by atoms with E-state index in [9.17, 15) is 0 Å². The van der Waals surface area contributed by atoms with E-state index in [-0.39, 0.29) is 5.01 Å². The third kappa shape index (κ3) is 1.26. The van der Waals surface area contributed by atoms with Gasteiger partial charge >= 0.3 is 0 Å². The molecule has 1 aromatic carbocycles. The van der Waals surface area contributed by atoms with Crippen LogP contribution in [0, 0.1) is 6.92 Å². The molecule has 1 atom stereocenters. The topological polar surface area (TPSA) is 39.9 Å². The smallest absolute Gasteiger partial charge is 0.212 e. The maximum atomic E-state index is 5.66. The standard InChI is InChI=1S/C10H8BrN3O/c1-6-12-10-9(11)15-8-5-3-2-4-7(8)14(10)13-6/h2-5,9H,1H3. The van der Waals surface area contributed by atoms with Crippen molar-refractivity contribution in [3.05, 3.63) is 35.9 Å². The van der Waals surface area contributed by atoms with Crippen LogP contribution in [0.25, 0.3) is 5.69 Å². The fraction of sp³-hybridized carbons (Fsp3) is 0.200. The van der Waals surface area contributed by atoms with Crippen LogP contribution in [0.3, 0.4) is 0 Å². The molecular weight excluding hydrogens is 258 g/mol. The van der Waals surface area contributed by atoms with Gasteiger partial charge in [-0.15, -0.1) is 0 Å². The van der Waals surface area contributed by atoms with Gasteiger partial charge in [0.25, 0.3) is 0 Å². The molecule has 0 amide bonds. The molecule has 76 valence electrons. The molecule has 0 aliphatic carbocycles. The average molecular weight is 266 g/mol. The van der Waals surface area contributed by atoms with Gasteiger partial charge in [0.1, 0.15) is 17.3 Å². The van der Waals surface area contributed by atoms with E-state index in [1.165, 1.54) is 0 Å². The number of ether oxygens (including phenoxy) is 1. The number of para-hydroxylation sites is 2. The molecule has 2 heterocycles. The van der Waals surface area contributed by atoms with Crippen LogP contribution in [0.5, 0.6) is 5.75 Å². The van der Waals surface area contributed by atoms with Crippen LogP contribution in [0.2, 0.25) is 0 Å². The first-order valence-corrected chi connectivity index (χ1v) is 5.51. The number of nitrogens with zero attached hydrogens (tertiary/aromatic N) is 3. The Morgan fingerprint density at radius 1 is 1.40 bits per heavy atom. The highest BCUT2D eigenvalue weighted by Crippen LogP contribution is 2.36. The highest BCUT2D eigenvalue weighted by Gasteiger charge is 2.26. The largest absolute Gasteiger partial charge is 0.469 e. The van der Waals surface area contributed by atoms with Gasteiger partial charge in [0, 0.05) is 0 Å². The molecule has 1 aromatic heterocycles. The van der Waals surface area contributed by atoms with Crippen LogP contribution in [-0.4, -0.2) is 14.8 Å². The van der Waals surface area contributed by atoms with Gasteiger partial charge in [-0.1, -0.05) is 12.1 Å². The summed E-state index contributed by atoms with van der Waals surface area (Å²) in [6.07, 6.45) is 0. The molecule has 0 saturated heterocycles. The summed E-state index contributed by atoms with van der Waals surface area (Å²) in [4.78, 5) is 4.31. The minimum Gasteiger partial charge on any atom is -0.469 e. The number of halogens is 1. The molecule has 0 bridgehead atoms. The normalized spacial score (nSPS) is 17.9. The van der Waals surface area contributed by atoms with Gasteiger partial charge in [0.2, 0.25) is 5.01 Å². The highest BCUT2D eigenvalue weighted by molar-refractivity contribution is 9.09. The van der Waals surface area contributed by atoms with Gasteiger partial charge in [0.05, 0.1) is 0 Å². The lowest BCUT2D eigenvalue weighted by Gasteiger charge is -2.21. The van der Waals surface area contributed by atoms with Gasteiger partial charge in [-0.05, 0) is 35.0 Å². The van der Waals surface area contributed by atoms with Crippen molar-refractivity contribution in [3.63, 3.8) is 0 Å². The predicted molar refractivity (Wildman–Crippen MR) is 58.4 cm³/mol. The van der Waals surface area contributed by atoms with Crippen molar-refractivity contribution in [2.45, 2.75) is 11.9 Å². The summed E-state index contributed by atoms with van der Waals surface area (Å²) in [5.74, 6) is 2.35. The number of aryl methyl sites for hydroxylation is 1. The number of fused-ring (bicyclic) bond motifs is 3. The van der Waals surface area contributed by atoms with Crippen molar-refractivity contribution in [1.29, 1.82) is 0 Å². The van der Waals surface area contributed by atoms with E-state index in [1.54, 1.807) is 0 Å². The Hall–Kier alpha value is -1.36. The van der Waals surface area contributed by atoms with E-state index in [4.69, 9.17) is 4.74 Å². The number of alkyl halides is 1. The molecule has 1 aliphatic heterocycles. The van der Waals surface area contributed by atoms with E-state index in [2.05, 4.69) is 26.0 Å². The van der Waals surface area contributed by atoms with Gasteiger partial charge in [-0.2, -0.15) is 5.10 Å². The third-order valence-electron chi connectivity index (χ3n) is 2.26. The second-order valence-electron chi connectivity index (χ2n) is 3.33. The first-order chi connectivity index (χ1) is 7.25. The molecule has 0 radical (unpaired) electrons. The number of aromatic nitrogens is 3. The average Bonchev–Trinajstić information content (AvgIpc) is 2.61. The van der Waals surface area contributed by atoms with Crippen molar-refractivity contribution in [2.75, 3.05) is 0 Å². The first-order valence-electron chi connectivity index (χ1n) is 4.59.